The largest absolute Gasteiger partial charge is 0.372 e. The van der Waals surface area contributed by atoms with Crippen molar-refractivity contribution in [3.8, 4) is 0 Å². The maximum absolute atomic E-state index is 6.12. The number of hydrogen-bond acceptors (Lipinski definition) is 4. The zero-order chi connectivity index (χ0) is 10.7. The lowest BCUT2D eigenvalue weighted by atomic mass is 9.72. The molecular formula is C12H18O4. The van der Waals surface area contributed by atoms with Crippen LogP contribution in [-0.2, 0) is 18.9 Å². The minimum Gasteiger partial charge on any atom is -0.372 e. The Morgan fingerprint density at radius 1 is 0.625 bits per heavy atom. The molecule has 0 radical (unpaired) electrons. The number of fused-ring (bicyclic) bond motifs is 2. The van der Waals surface area contributed by atoms with Crippen molar-refractivity contribution in [3.63, 3.8) is 0 Å². The number of hydrogen-bond donors (Lipinski definition) is 0. The smallest absolute Gasteiger partial charge is 0.202 e. The quantitative estimate of drug-likeness (QED) is 0.622. The predicted molar refractivity (Wildman–Crippen MR) is 55.1 cm³/mol. The van der Waals surface area contributed by atoms with Crippen molar-refractivity contribution in [1.82, 2.24) is 0 Å². The van der Waals surface area contributed by atoms with Gasteiger partial charge >= 0.3 is 0 Å². The molecule has 0 amide bonds. The molecule has 4 aliphatic rings. The monoisotopic (exact) mass is 226 g/mol. The van der Waals surface area contributed by atoms with E-state index in [1.54, 1.807) is 0 Å². The molecule has 4 aliphatic heterocycles. The van der Waals surface area contributed by atoms with Crippen molar-refractivity contribution in [1.29, 1.82) is 0 Å². The van der Waals surface area contributed by atoms with Gasteiger partial charge in [0.25, 0.3) is 0 Å². The summed E-state index contributed by atoms with van der Waals surface area (Å²) in [5, 5.41) is 0. The van der Waals surface area contributed by atoms with Crippen molar-refractivity contribution in [2.24, 2.45) is 0 Å². The molecule has 0 aromatic rings. The van der Waals surface area contributed by atoms with Gasteiger partial charge in [-0.3, -0.25) is 0 Å². The van der Waals surface area contributed by atoms with E-state index >= 15 is 0 Å². The van der Waals surface area contributed by atoms with Crippen LogP contribution in [0.2, 0.25) is 0 Å². The van der Waals surface area contributed by atoms with E-state index in [-0.39, 0.29) is 11.2 Å². The van der Waals surface area contributed by atoms with E-state index in [0.717, 1.165) is 58.5 Å². The summed E-state index contributed by atoms with van der Waals surface area (Å²) in [6.07, 6.45) is 5.12. The van der Waals surface area contributed by atoms with E-state index in [2.05, 4.69) is 0 Å². The van der Waals surface area contributed by atoms with Crippen LogP contribution < -0.4 is 0 Å². The van der Waals surface area contributed by atoms with Crippen molar-refractivity contribution in [2.75, 3.05) is 26.4 Å². The van der Waals surface area contributed by atoms with Crippen LogP contribution in [0.25, 0.3) is 0 Å². The molecule has 90 valence electrons. The summed E-state index contributed by atoms with van der Waals surface area (Å²) in [6.45, 7) is 3.18. The fourth-order valence-electron chi connectivity index (χ4n) is 4.08. The topological polar surface area (TPSA) is 36.9 Å². The molecule has 4 heteroatoms. The van der Waals surface area contributed by atoms with Crippen LogP contribution in [0, 0.1) is 0 Å². The molecule has 4 heterocycles. The summed E-state index contributed by atoms with van der Waals surface area (Å²) in [4.78, 5) is 0. The average molecular weight is 226 g/mol. The Labute approximate surface area is 95.2 Å². The van der Waals surface area contributed by atoms with Crippen LogP contribution >= 0.6 is 0 Å². The summed E-state index contributed by atoms with van der Waals surface area (Å²) in [6, 6.07) is 0. The highest BCUT2D eigenvalue weighted by Gasteiger charge is 2.74. The molecule has 3 unspecified atom stereocenters. The molecule has 4 saturated heterocycles. The molecule has 0 aromatic carbocycles. The van der Waals surface area contributed by atoms with Gasteiger partial charge in [-0.15, -0.1) is 0 Å². The molecule has 0 N–H and O–H groups in total. The summed E-state index contributed by atoms with van der Waals surface area (Å²) >= 11 is 0. The summed E-state index contributed by atoms with van der Waals surface area (Å²) in [5.41, 5.74) is -0.432. The van der Waals surface area contributed by atoms with Crippen molar-refractivity contribution in [3.05, 3.63) is 0 Å². The second-order valence-electron chi connectivity index (χ2n) is 5.32. The van der Waals surface area contributed by atoms with Crippen LogP contribution in [0.1, 0.15) is 32.1 Å². The Hall–Kier alpha value is -0.160. The molecule has 0 saturated carbocycles. The van der Waals surface area contributed by atoms with Crippen LogP contribution in [0.3, 0.4) is 0 Å². The van der Waals surface area contributed by atoms with Gasteiger partial charge in [0.2, 0.25) is 5.79 Å². The third kappa shape index (κ3) is 0.883. The van der Waals surface area contributed by atoms with Crippen LogP contribution in [0.4, 0.5) is 0 Å². The molecule has 4 fully saturated rings. The third-order valence-corrected chi connectivity index (χ3v) is 4.86. The van der Waals surface area contributed by atoms with Gasteiger partial charge in [-0.25, -0.2) is 0 Å². The SMILES string of the molecule is C1COC2(C1)CCOC21CCOC12CCO2. The van der Waals surface area contributed by atoms with Gasteiger partial charge in [-0.05, 0) is 12.8 Å². The van der Waals surface area contributed by atoms with Gasteiger partial charge in [0.05, 0.1) is 19.8 Å². The van der Waals surface area contributed by atoms with Crippen LogP contribution in [0.5, 0.6) is 0 Å². The maximum atomic E-state index is 6.12. The van der Waals surface area contributed by atoms with Crippen LogP contribution in [0.15, 0.2) is 0 Å². The zero-order valence-electron chi connectivity index (χ0n) is 9.50. The summed E-state index contributed by atoms with van der Waals surface area (Å²) in [7, 11) is 0. The van der Waals surface area contributed by atoms with E-state index in [9.17, 15) is 0 Å². The second kappa shape index (κ2) is 2.99. The minimum atomic E-state index is -0.478. The highest BCUT2D eigenvalue weighted by atomic mass is 16.8. The minimum absolute atomic E-state index is 0.121. The van der Waals surface area contributed by atoms with Gasteiger partial charge in [-0.1, -0.05) is 0 Å². The lowest BCUT2D eigenvalue weighted by Crippen LogP contribution is -2.68. The maximum Gasteiger partial charge on any atom is 0.202 e. The second-order valence-corrected chi connectivity index (χ2v) is 5.32. The summed E-state index contributed by atoms with van der Waals surface area (Å²) < 4.78 is 23.9. The first-order valence-electron chi connectivity index (χ1n) is 6.39. The number of rotatable bonds is 0. The molecule has 4 nitrogen and oxygen atoms in total. The highest BCUT2D eigenvalue weighted by Crippen LogP contribution is 2.60. The number of ether oxygens (including phenoxy) is 4. The molecule has 0 aliphatic carbocycles. The molecule has 3 spiro atoms. The molecule has 4 rings (SSSR count). The van der Waals surface area contributed by atoms with Crippen molar-refractivity contribution in [2.45, 2.75) is 49.1 Å². The molecular weight excluding hydrogens is 208 g/mol. The molecule has 16 heavy (non-hydrogen) atoms. The zero-order valence-corrected chi connectivity index (χ0v) is 9.50. The van der Waals surface area contributed by atoms with Crippen molar-refractivity contribution >= 4 is 0 Å². The molecule has 0 aromatic heterocycles. The Morgan fingerprint density at radius 3 is 2.12 bits per heavy atom. The van der Waals surface area contributed by atoms with E-state index in [0.29, 0.717) is 0 Å². The van der Waals surface area contributed by atoms with E-state index in [4.69, 9.17) is 18.9 Å². The molecule has 0 bridgehead atoms. The summed E-state index contributed by atoms with van der Waals surface area (Å²) in [5.74, 6) is -0.478. The van der Waals surface area contributed by atoms with Gasteiger partial charge in [0.1, 0.15) is 5.60 Å². The first kappa shape index (κ1) is 9.83. The molecule has 3 atom stereocenters. The predicted octanol–water partition coefficient (Wildman–Crippen LogP) is 1.23. The van der Waals surface area contributed by atoms with E-state index in [1.807, 2.05) is 0 Å². The normalized spacial score (nSPS) is 55.5. The van der Waals surface area contributed by atoms with E-state index < -0.39 is 5.79 Å². The average Bonchev–Trinajstić information content (AvgIpc) is 2.89. The third-order valence-electron chi connectivity index (χ3n) is 4.86. The van der Waals surface area contributed by atoms with Gasteiger partial charge in [0.15, 0.2) is 5.60 Å². The standard InChI is InChI=1S/C12H18O4/c1-2-10(13-6-1)3-7-14-11(10)4-8-15-12(11)5-9-16-12/h1-9H2. The Balaban J connectivity index is 1.78. The van der Waals surface area contributed by atoms with Gasteiger partial charge in [-0.2, -0.15) is 0 Å². The highest BCUT2D eigenvalue weighted by molar-refractivity contribution is 5.19. The fraction of sp³-hybridized carbons (Fsp3) is 1.00. The Morgan fingerprint density at radius 2 is 1.44 bits per heavy atom. The van der Waals surface area contributed by atoms with Gasteiger partial charge < -0.3 is 18.9 Å². The van der Waals surface area contributed by atoms with Crippen molar-refractivity contribution < 1.29 is 18.9 Å². The fourth-order valence-corrected chi connectivity index (χ4v) is 4.08. The lowest BCUT2D eigenvalue weighted by Gasteiger charge is -2.52. The van der Waals surface area contributed by atoms with Crippen LogP contribution in [-0.4, -0.2) is 43.4 Å². The Kier molecular flexibility index (Phi) is 1.84. The first-order chi connectivity index (χ1) is 7.83. The Bertz CT molecular complexity index is 297. The van der Waals surface area contributed by atoms with E-state index in [1.165, 1.54) is 0 Å². The van der Waals surface area contributed by atoms with Gasteiger partial charge in [0, 0.05) is 25.9 Å². The first-order valence-corrected chi connectivity index (χ1v) is 6.39. The lowest BCUT2D eigenvalue weighted by molar-refractivity contribution is -0.367.